The Hall–Kier alpha value is -2.41. The number of amides is 1. The van der Waals surface area contributed by atoms with Crippen LogP contribution in [0.15, 0.2) is 35.3 Å². The molecule has 5 N–H and O–H groups in total. The number of nitrogen functional groups attached to an aromatic ring is 1. The average Bonchev–Trinajstić information content (AvgIpc) is 2.89. The summed E-state index contributed by atoms with van der Waals surface area (Å²) in [6.45, 7) is 4.52. The molecule has 0 bridgehead atoms. The van der Waals surface area contributed by atoms with Gasteiger partial charge in [-0.25, -0.2) is 4.98 Å². The molecular formula is C18H25N5OS. The summed E-state index contributed by atoms with van der Waals surface area (Å²) in [5, 5.41) is 3.25. The van der Waals surface area contributed by atoms with Gasteiger partial charge in [0.2, 0.25) is 5.91 Å². The highest BCUT2D eigenvalue weighted by molar-refractivity contribution is 7.15. The standard InChI is InChI=1S/C18H25N5OS/c1-12(14-7-4-3-5-8-14)11-16(24)23-17(19)21-10-6-9-15-13(2)22-18(20)25-15/h3-5,7-8,12H,6,9-11H2,1-2H3,(H2,20,22)(H3,19,21,23,24)/t12-/m1/s1. The first-order chi connectivity index (χ1) is 12.0. The molecule has 1 aromatic carbocycles. The number of hydrogen-bond donors (Lipinski definition) is 3. The molecule has 2 aromatic rings. The Morgan fingerprint density at radius 1 is 1.36 bits per heavy atom. The second kappa shape index (κ2) is 9.17. The largest absolute Gasteiger partial charge is 0.375 e. The van der Waals surface area contributed by atoms with Crippen LogP contribution in [0.2, 0.25) is 0 Å². The predicted octanol–water partition coefficient (Wildman–Crippen LogP) is 2.59. The number of nitrogens with zero attached hydrogens (tertiary/aromatic N) is 2. The van der Waals surface area contributed by atoms with E-state index in [1.165, 1.54) is 16.2 Å². The van der Waals surface area contributed by atoms with Crippen LogP contribution in [-0.4, -0.2) is 23.4 Å². The quantitative estimate of drug-likeness (QED) is 0.401. The Kier molecular flexibility index (Phi) is 6.94. The summed E-state index contributed by atoms with van der Waals surface area (Å²) in [4.78, 5) is 21.6. The summed E-state index contributed by atoms with van der Waals surface area (Å²) in [6.07, 6.45) is 2.06. The van der Waals surface area contributed by atoms with Crippen LogP contribution in [0.4, 0.5) is 5.13 Å². The molecule has 0 saturated heterocycles. The maximum Gasteiger partial charge on any atom is 0.227 e. The lowest BCUT2D eigenvalue weighted by Crippen LogP contribution is -2.37. The zero-order valence-electron chi connectivity index (χ0n) is 14.7. The third-order valence-corrected chi connectivity index (χ3v) is 4.93. The lowest BCUT2D eigenvalue weighted by molar-refractivity contribution is -0.120. The maximum absolute atomic E-state index is 12.0. The number of guanidine groups is 1. The van der Waals surface area contributed by atoms with Crippen molar-refractivity contribution in [2.75, 3.05) is 12.3 Å². The highest BCUT2D eigenvalue weighted by Gasteiger charge is 2.11. The molecule has 0 fully saturated rings. The molecule has 6 nitrogen and oxygen atoms in total. The number of hydrogen-bond acceptors (Lipinski definition) is 5. The minimum atomic E-state index is -0.122. The van der Waals surface area contributed by atoms with E-state index < -0.39 is 0 Å². The molecule has 134 valence electrons. The smallest absolute Gasteiger partial charge is 0.227 e. The minimum Gasteiger partial charge on any atom is -0.375 e. The number of rotatable bonds is 7. The second-order valence-electron chi connectivity index (χ2n) is 6.00. The molecule has 1 amide bonds. The first-order valence-corrected chi connectivity index (χ1v) is 9.14. The maximum atomic E-state index is 12.0. The van der Waals surface area contributed by atoms with Crippen molar-refractivity contribution in [2.45, 2.75) is 39.0 Å². The number of aliphatic imine (C=N–C) groups is 1. The van der Waals surface area contributed by atoms with E-state index in [0.29, 0.717) is 18.1 Å². The van der Waals surface area contributed by atoms with Crippen molar-refractivity contribution in [3.63, 3.8) is 0 Å². The van der Waals surface area contributed by atoms with E-state index in [4.69, 9.17) is 11.5 Å². The molecule has 0 unspecified atom stereocenters. The number of anilines is 1. The van der Waals surface area contributed by atoms with Crippen LogP contribution in [0.25, 0.3) is 0 Å². The van der Waals surface area contributed by atoms with Crippen LogP contribution in [0.3, 0.4) is 0 Å². The summed E-state index contributed by atoms with van der Waals surface area (Å²) >= 11 is 1.51. The van der Waals surface area contributed by atoms with E-state index in [-0.39, 0.29) is 17.8 Å². The Morgan fingerprint density at radius 2 is 2.08 bits per heavy atom. The van der Waals surface area contributed by atoms with Crippen molar-refractivity contribution in [2.24, 2.45) is 10.7 Å². The van der Waals surface area contributed by atoms with Crippen molar-refractivity contribution in [3.8, 4) is 0 Å². The molecule has 1 aromatic heterocycles. The van der Waals surface area contributed by atoms with Gasteiger partial charge in [0, 0.05) is 17.8 Å². The molecular weight excluding hydrogens is 334 g/mol. The van der Waals surface area contributed by atoms with E-state index in [1.54, 1.807) is 0 Å². The Labute approximate surface area is 152 Å². The fraction of sp³-hybridized carbons (Fsp3) is 0.389. The van der Waals surface area contributed by atoms with E-state index in [2.05, 4.69) is 15.3 Å². The number of thiazole rings is 1. The molecule has 0 aliphatic heterocycles. The van der Waals surface area contributed by atoms with Gasteiger partial charge in [-0.1, -0.05) is 37.3 Å². The molecule has 1 atom stereocenters. The van der Waals surface area contributed by atoms with Crippen LogP contribution in [0.1, 0.15) is 41.8 Å². The predicted molar refractivity (Wildman–Crippen MR) is 104 cm³/mol. The molecule has 2 rings (SSSR count). The average molecular weight is 359 g/mol. The summed E-state index contributed by atoms with van der Waals surface area (Å²) in [5.41, 5.74) is 13.6. The Bertz CT molecular complexity index is 726. The lowest BCUT2D eigenvalue weighted by atomic mass is 9.98. The minimum absolute atomic E-state index is 0.122. The second-order valence-corrected chi connectivity index (χ2v) is 7.11. The molecule has 0 aliphatic carbocycles. The summed E-state index contributed by atoms with van der Waals surface area (Å²) < 4.78 is 0. The van der Waals surface area contributed by atoms with Gasteiger partial charge in [-0.3, -0.25) is 15.1 Å². The van der Waals surface area contributed by atoms with Gasteiger partial charge >= 0.3 is 0 Å². The number of carbonyl (C=O) groups is 1. The monoisotopic (exact) mass is 359 g/mol. The fourth-order valence-electron chi connectivity index (χ4n) is 2.53. The zero-order chi connectivity index (χ0) is 18.2. The van der Waals surface area contributed by atoms with Crippen LogP contribution in [0, 0.1) is 6.92 Å². The zero-order valence-corrected chi connectivity index (χ0v) is 15.5. The van der Waals surface area contributed by atoms with Gasteiger partial charge < -0.3 is 11.5 Å². The first kappa shape index (κ1) is 18.9. The number of nitrogens with two attached hydrogens (primary N) is 2. The highest BCUT2D eigenvalue weighted by Crippen LogP contribution is 2.21. The normalized spacial score (nSPS) is 12.8. The highest BCUT2D eigenvalue weighted by atomic mass is 32.1. The third kappa shape index (κ3) is 6.19. The van der Waals surface area contributed by atoms with Crippen molar-refractivity contribution in [1.29, 1.82) is 0 Å². The number of nitrogens with one attached hydrogen (secondary N) is 1. The molecule has 25 heavy (non-hydrogen) atoms. The number of aryl methyl sites for hydroxylation is 2. The van der Waals surface area contributed by atoms with E-state index in [0.717, 1.165) is 24.1 Å². The van der Waals surface area contributed by atoms with Gasteiger partial charge in [0.15, 0.2) is 11.1 Å². The molecule has 0 radical (unpaired) electrons. The van der Waals surface area contributed by atoms with Crippen LogP contribution in [-0.2, 0) is 11.2 Å². The SMILES string of the molecule is Cc1nc(N)sc1CCCN=C(N)NC(=O)C[C@@H](C)c1ccccc1. The fourth-order valence-corrected chi connectivity index (χ4v) is 3.41. The van der Waals surface area contributed by atoms with Gasteiger partial charge in [0.1, 0.15) is 0 Å². The van der Waals surface area contributed by atoms with Crippen molar-refractivity contribution in [1.82, 2.24) is 10.3 Å². The molecule has 0 saturated carbocycles. The Balaban J connectivity index is 1.73. The number of carbonyl (C=O) groups excluding carboxylic acids is 1. The summed E-state index contributed by atoms with van der Waals surface area (Å²) in [6, 6.07) is 9.94. The van der Waals surface area contributed by atoms with Crippen LogP contribution < -0.4 is 16.8 Å². The lowest BCUT2D eigenvalue weighted by Gasteiger charge is -2.11. The van der Waals surface area contributed by atoms with E-state index in [9.17, 15) is 4.79 Å². The molecule has 1 heterocycles. The van der Waals surface area contributed by atoms with Gasteiger partial charge in [-0.15, -0.1) is 11.3 Å². The Morgan fingerprint density at radius 3 is 2.72 bits per heavy atom. The van der Waals surface area contributed by atoms with Crippen LogP contribution in [0.5, 0.6) is 0 Å². The van der Waals surface area contributed by atoms with Crippen molar-refractivity contribution in [3.05, 3.63) is 46.5 Å². The van der Waals surface area contributed by atoms with Gasteiger partial charge in [0.25, 0.3) is 0 Å². The van der Waals surface area contributed by atoms with Crippen molar-refractivity contribution < 1.29 is 4.79 Å². The topological polar surface area (TPSA) is 106 Å². The molecule has 7 heteroatoms. The molecule has 0 aliphatic rings. The first-order valence-electron chi connectivity index (χ1n) is 8.32. The van der Waals surface area contributed by atoms with Crippen molar-refractivity contribution >= 4 is 28.3 Å². The number of benzene rings is 1. The van der Waals surface area contributed by atoms with E-state index >= 15 is 0 Å². The van der Waals surface area contributed by atoms with E-state index in [1.807, 2.05) is 44.2 Å². The van der Waals surface area contributed by atoms with Gasteiger partial charge in [-0.05, 0) is 31.2 Å². The summed E-state index contributed by atoms with van der Waals surface area (Å²) in [5.74, 6) is 0.184. The van der Waals surface area contributed by atoms with Gasteiger partial charge in [0.05, 0.1) is 5.69 Å². The molecule has 0 spiro atoms. The number of aromatic nitrogens is 1. The van der Waals surface area contributed by atoms with Crippen LogP contribution >= 0.6 is 11.3 Å². The summed E-state index contributed by atoms with van der Waals surface area (Å²) in [7, 11) is 0. The van der Waals surface area contributed by atoms with Gasteiger partial charge in [-0.2, -0.15) is 0 Å². The third-order valence-electron chi connectivity index (χ3n) is 3.88.